The fourth-order valence-electron chi connectivity index (χ4n) is 2.85. The van der Waals surface area contributed by atoms with E-state index in [1.807, 2.05) is 48.5 Å². The molecule has 2 aromatic carbocycles. The number of ether oxygens (including phenoxy) is 2. The minimum atomic E-state index is -0.0988. The van der Waals surface area contributed by atoms with Gasteiger partial charge in [0.25, 0.3) is 0 Å². The van der Waals surface area contributed by atoms with Gasteiger partial charge in [0, 0.05) is 11.4 Å². The third-order valence-corrected chi connectivity index (χ3v) is 4.55. The fraction of sp³-hybridized carbons (Fsp3) is 0.480. The molecule has 0 bridgehead atoms. The van der Waals surface area contributed by atoms with Gasteiger partial charge in [-0.15, -0.1) is 0 Å². The van der Waals surface area contributed by atoms with Crippen molar-refractivity contribution >= 4 is 17.3 Å². The standard InChI is InChI=1S/C25H36N2O3/c1-4-5-6-7-8-17-29-23-13-9-21(10-14-23)26-18-25(28)27-22-11-15-24(16-12-22)30-19-20(2)3/h9-16,20,26H,4-8,17-19H2,1-3H3,(H,27,28). The third-order valence-electron chi connectivity index (χ3n) is 4.55. The van der Waals surface area contributed by atoms with Crippen LogP contribution in [0.4, 0.5) is 11.4 Å². The molecule has 0 saturated carbocycles. The highest BCUT2D eigenvalue weighted by molar-refractivity contribution is 5.93. The fourth-order valence-corrected chi connectivity index (χ4v) is 2.85. The first kappa shape index (κ1) is 23.6. The van der Waals surface area contributed by atoms with E-state index in [1.54, 1.807) is 0 Å². The molecule has 0 aliphatic carbocycles. The van der Waals surface area contributed by atoms with Gasteiger partial charge in [-0.3, -0.25) is 4.79 Å². The van der Waals surface area contributed by atoms with Gasteiger partial charge in [-0.05, 0) is 60.9 Å². The lowest BCUT2D eigenvalue weighted by molar-refractivity contribution is -0.114. The highest BCUT2D eigenvalue weighted by Crippen LogP contribution is 2.18. The van der Waals surface area contributed by atoms with E-state index in [2.05, 4.69) is 31.4 Å². The van der Waals surface area contributed by atoms with Crippen molar-refractivity contribution in [2.24, 2.45) is 5.92 Å². The molecule has 5 nitrogen and oxygen atoms in total. The zero-order valence-corrected chi connectivity index (χ0v) is 18.6. The molecule has 0 fully saturated rings. The second-order valence-corrected chi connectivity index (χ2v) is 7.92. The Kier molecular flexibility index (Phi) is 10.6. The molecule has 164 valence electrons. The van der Waals surface area contributed by atoms with Crippen LogP contribution in [0.15, 0.2) is 48.5 Å². The van der Waals surface area contributed by atoms with E-state index in [4.69, 9.17) is 9.47 Å². The predicted octanol–water partition coefficient (Wildman–Crippen LogP) is 6.12. The maximum atomic E-state index is 12.2. The van der Waals surface area contributed by atoms with E-state index in [9.17, 15) is 4.79 Å². The van der Waals surface area contributed by atoms with Crippen LogP contribution in [0.2, 0.25) is 0 Å². The summed E-state index contributed by atoms with van der Waals surface area (Å²) in [6.07, 6.45) is 6.14. The largest absolute Gasteiger partial charge is 0.494 e. The number of carbonyl (C=O) groups excluding carboxylic acids is 1. The molecule has 0 aliphatic heterocycles. The lowest BCUT2D eigenvalue weighted by Crippen LogP contribution is -2.21. The van der Waals surface area contributed by atoms with Crippen LogP contribution in [0, 0.1) is 5.92 Å². The Morgan fingerprint density at radius 1 is 0.833 bits per heavy atom. The molecule has 30 heavy (non-hydrogen) atoms. The summed E-state index contributed by atoms with van der Waals surface area (Å²) in [5.41, 5.74) is 1.64. The summed E-state index contributed by atoms with van der Waals surface area (Å²) in [5, 5.41) is 6.02. The van der Waals surface area contributed by atoms with Crippen LogP contribution in [0.25, 0.3) is 0 Å². The summed E-state index contributed by atoms with van der Waals surface area (Å²) in [6, 6.07) is 15.2. The van der Waals surface area contributed by atoms with Crippen LogP contribution in [0.1, 0.15) is 52.9 Å². The summed E-state index contributed by atoms with van der Waals surface area (Å²) in [7, 11) is 0. The number of amides is 1. The number of unbranched alkanes of at least 4 members (excludes halogenated alkanes) is 4. The van der Waals surface area contributed by atoms with Gasteiger partial charge in [0.05, 0.1) is 19.8 Å². The van der Waals surface area contributed by atoms with Crippen LogP contribution in [-0.4, -0.2) is 25.7 Å². The van der Waals surface area contributed by atoms with Gasteiger partial charge in [-0.2, -0.15) is 0 Å². The molecule has 2 rings (SSSR count). The second-order valence-electron chi connectivity index (χ2n) is 7.92. The highest BCUT2D eigenvalue weighted by atomic mass is 16.5. The first-order chi connectivity index (χ1) is 14.6. The summed E-state index contributed by atoms with van der Waals surface area (Å²) in [5.74, 6) is 2.05. The van der Waals surface area contributed by atoms with Crippen LogP contribution in [0.3, 0.4) is 0 Å². The third kappa shape index (κ3) is 9.68. The number of carbonyl (C=O) groups is 1. The maximum absolute atomic E-state index is 12.2. The Morgan fingerprint density at radius 3 is 2.07 bits per heavy atom. The SMILES string of the molecule is CCCCCCCOc1ccc(NCC(=O)Nc2ccc(OCC(C)C)cc2)cc1. The molecular weight excluding hydrogens is 376 g/mol. The van der Waals surface area contributed by atoms with E-state index < -0.39 is 0 Å². The van der Waals surface area contributed by atoms with E-state index >= 15 is 0 Å². The summed E-state index contributed by atoms with van der Waals surface area (Å²) < 4.78 is 11.4. The zero-order valence-electron chi connectivity index (χ0n) is 18.6. The van der Waals surface area contributed by atoms with Crippen LogP contribution >= 0.6 is 0 Å². The van der Waals surface area contributed by atoms with Gasteiger partial charge in [0.15, 0.2) is 0 Å². The molecular formula is C25H36N2O3. The lowest BCUT2D eigenvalue weighted by atomic mass is 10.2. The van der Waals surface area contributed by atoms with E-state index in [0.29, 0.717) is 12.5 Å². The molecule has 1 amide bonds. The Balaban J connectivity index is 1.66. The quantitative estimate of drug-likeness (QED) is 0.367. The molecule has 0 atom stereocenters. The van der Waals surface area contributed by atoms with Gasteiger partial charge in [0.1, 0.15) is 11.5 Å². The normalized spacial score (nSPS) is 10.7. The van der Waals surface area contributed by atoms with Gasteiger partial charge in [-0.25, -0.2) is 0 Å². The van der Waals surface area contributed by atoms with Crippen molar-refractivity contribution in [2.75, 3.05) is 30.4 Å². The number of hydrogen-bond acceptors (Lipinski definition) is 4. The van der Waals surface area contributed by atoms with Crippen molar-refractivity contribution < 1.29 is 14.3 Å². The number of hydrogen-bond donors (Lipinski definition) is 2. The monoisotopic (exact) mass is 412 g/mol. The zero-order chi connectivity index (χ0) is 21.6. The Hall–Kier alpha value is -2.69. The Bertz CT molecular complexity index is 727. The van der Waals surface area contributed by atoms with Gasteiger partial charge in [0.2, 0.25) is 5.91 Å². The van der Waals surface area contributed by atoms with Crippen molar-refractivity contribution in [1.29, 1.82) is 0 Å². The minimum absolute atomic E-state index is 0.0988. The number of nitrogens with one attached hydrogen (secondary N) is 2. The molecule has 5 heteroatoms. The van der Waals surface area contributed by atoms with Crippen molar-refractivity contribution in [3.8, 4) is 11.5 Å². The van der Waals surface area contributed by atoms with Gasteiger partial charge >= 0.3 is 0 Å². The summed E-state index contributed by atoms with van der Waals surface area (Å²) >= 11 is 0. The van der Waals surface area contributed by atoms with E-state index in [0.717, 1.165) is 35.9 Å². The molecule has 0 heterocycles. The molecule has 0 radical (unpaired) electrons. The first-order valence-corrected chi connectivity index (χ1v) is 11.1. The highest BCUT2D eigenvalue weighted by Gasteiger charge is 2.04. The molecule has 2 aromatic rings. The Labute approximate surface area is 181 Å². The van der Waals surface area contributed by atoms with Crippen molar-refractivity contribution in [1.82, 2.24) is 0 Å². The van der Waals surface area contributed by atoms with Crippen molar-refractivity contribution in [3.63, 3.8) is 0 Å². The Morgan fingerprint density at radius 2 is 1.43 bits per heavy atom. The minimum Gasteiger partial charge on any atom is -0.494 e. The van der Waals surface area contributed by atoms with E-state index in [1.165, 1.54) is 25.7 Å². The predicted molar refractivity (Wildman–Crippen MR) is 125 cm³/mol. The molecule has 0 aliphatic rings. The lowest BCUT2D eigenvalue weighted by Gasteiger charge is -2.11. The maximum Gasteiger partial charge on any atom is 0.243 e. The number of benzene rings is 2. The van der Waals surface area contributed by atoms with Crippen molar-refractivity contribution in [3.05, 3.63) is 48.5 Å². The van der Waals surface area contributed by atoms with Gasteiger partial charge < -0.3 is 20.1 Å². The van der Waals surface area contributed by atoms with Crippen LogP contribution in [0.5, 0.6) is 11.5 Å². The number of anilines is 2. The molecule has 2 N–H and O–H groups in total. The van der Waals surface area contributed by atoms with Gasteiger partial charge in [-0.1, -0.05) is 46.5 Å². The molecule has 0 aromatic heterocycles. The summed E-state index contributed by atoms with van der Waals surface area (Å²) in [4.78, 5) is 12.2. The number of rotatable bonds is 14. The average molecular weight is 413 g/mol. The first-order valence-electron chi connectivity index (χ1n) is 11.1. The molecule has 0 spiro atoms. The molecule has 0 unspecified atom stereocenters. The second kappa shape index (κ2) is 13.5. The van der Waals surface area contributed by atoms with Crippen molar-refractivity contribution in [2.45, 2.75) is 52.9 Å². The molecule has 0 saturated heterocycles. The van der Waals surface area contributed by atoms with Crippen LogP contribution < -0.4 is 20.1 Å². The smallest absolute Gasteiger partial charge is 0.243 e. The van der Waals surface area contributed by atoms with Crippen LogP contribution in [-0.2, 0) is 4.79 Å². The van der Waals surface area contributed by atoms with E-state index in [-0.39, 0.29) is 12.5 Å². The average Bonchev–Trinajstić information content (AvgIpc) is 2.75. The topological polar surface area (TPSA) is 59.6 Å². The summed E-state index contributed by atoms with van der Waals surface area (Å²) in [6.45, 7) is 8.06.